The molecule has 3 N–H and O–H groups in total. The lowest BCUT2D eigenvalue weighted by atomic mass is 9.84. The van der Waals surface area contributed by atoms with Gasteiger partial charge in [-0.1, -0.05) is 26.0 Å². The molecule has 2 rings (SSSR count). The molecule has 0 aromatic heterocycles. The predicted molar refractivity (Wildman–Crippen MR) is 84.8 cm³/mol. The van der Waals surface area contributed by atoms with E-state index in [0.29, 0.717) is 18.5 Å². The third-order valence-electron chi connectivity index (χ3n) is 4.39. The van der Waals surface area contributed by atoms with E-state index in [1.807, 2.05) is 0 Å². The third-order valence-corrected chi connectivity index (χ3v) is 4.39. The Bertz CT molecular complexity index is 533. The van der Waals surface area contributed by atoms with Gasteiger partial charge >= 0.3 is 12.0 Å². The van der Waals surface area contributed by atoms with Gasteiger partial charge in [0, 0.05) is 13.1 Å². The fourth-order valence-electron chi connectivity index (χ4n) is 2.58. The molecular formula is C17H24N2O3. The SMILES string of the molecule is CC(C)(CCNC(=O)NCc1ccc(C(=O)O)cc1)C1CC1. The van der Waals surface area contributed by atoms with Crippen LogP contribution >= 0.6 is 0 Å². The molecule has 1 aromatic rings. The fourth-order valence-corrected chi connectivity index (χ4v) is 2.58. The number of hydrogen-bond acceptors (Lipinski definition) is 2. The van der Waals surface area contributed by atoms with Gasteiger partial charge in [-0.3, -0.25) is 0 Å². The van der Waals surface area contributed by atoms with Crippen LogP contribution in [0.25, 0.3) is 0 Å². The van der Waals surface area contributed by atoms with Crippen LogP contribution < -0.4 is 10.6 Å². The summed E-state index contributed by atoms with van der Waals surface area (Å²) in [5.74, 6) is -0.138. The Morgan fingerprint density at radius 3 is 2.36 bits per heavy atom. The van der Waals surface area contributed by atoms with E-state index in [4.69, 9.17) is 5.11 Å². The second kappa shape index (κ2) is 6.81. The van der Waals surface area contributed by atoms with Crippen molar-refractivity contribution in [3.05, 3.63) is 35.4 Å². The van der Waals surface area contributed by atoms with Crippen LogP contribution in [0.2, 0.25) is 0 Å². The number of amides is 2. The number of carbonyl (C=O) groups is 2. The normalized spacial score (nSPS) is 14.5. The lowest BCUT2D eigenvalue weighted by Gasteiger charge is -2.24. The number of urea groups is 1. The van der Waals surface area contributed by atoms with E-state index in [1.54, 1.807) is 12.1 Å². The zero-order chi connectivity index (χ0) is 16.2. The summed E-state index contributed by atoms with van der Waals surface area (Å²) in [5.41, 5.74) is 1.42. The number of nitrogens with one attached hydrogen (secondary N) is 2. The molecule has 0 bridgehead atoms. The largest absolute Gasteiger partial charge is 0.478 e. The fraction of sp³-hybridized carbons (Fsp3) is 0.529. The number of carbonyl (C=O) groups excluding carboxylic acids is 1. The highest BCUT2D eigenvalue weighted by Gasteiger charge is 2.37. The van der Waals surface area contributed by atoms with E-state index in [9.17, 15) is 9.59 Å². The number of rotatable bonds is 7. The predicted octanol–water partition coefficient (Wildman–Crippen LogP) is 3.01. The molecule has 0 atom stereocenters. The van der Waals surface area contributed by atoms with E-state index in [-0.39, 0.29) is 11.6 Å². The first-order chi connectivity index (χ1) is 10.4. The lowest BCUT2D eigenvalue weighted by Crippen LogP contribution is -2.37. The van der Waals surface area contributed by atoms with Crippen molar-refractivity contribution in [1.29, 1.82) is 0 Å². The van der Waals surface area contributed by atoms with Gasteiger partial charge in [0.15, 0.2) is 0 Å². The number of carboxylic acids is 1. The Morgan fingerprint density at radius 2 is 1.82 bits per heavy atom. The average molecular weight is 304 g/mol. The second-order valence-electron chi connectivity index (χ2n) is 6.62. The molecule has 2 amide bonds. The molecule has 5 heteroatoms. The number of aromatic carboxylic acids is 1. The molecule has 0 aliphatic heterocycles. The van der Waals surface area contributed by atoms with Crippen molar-refractivity contribution in [3.63, 3.8) is 0 Å². The van der Waals surface area contributed by atoms with Crippen molar-refractivity contribution in [2.24, 2.45) is 11.3 Å². The van der Waals surface area contributed by atoms with Gasteiger partial charge in [-0.25, -0.2) is 9.59 Å². The first-order valence-corrected chi connectivity index (χ1v) is 7.72. The van der Waals surface area contributed by atoms with Crippen molar-refractivity contribution < 1.29 is 14.7 Å². The van der Waals surface area contributed by atoms with Crippen LogP contribution in [-0.2, 0) is 6.54 Å². The van der Waals surface area contributed by atoms with Gasteiger partial charge in [0.05, 0.1) is 5.56 Å². The van der Waals surface area contributed by atoms with Crippen LogP contribution in [0, 0.1) is 11.3 Å². The standard InChI is InChI=1S/C17H24N2O3/c1-17(2,14-7-8-14)9-10-18-16(22)19-11-12-3-5-13(6-4-12)15(20)21/h3-6,14H,7-11H2,1-2H3,(H,20,21)(H2,18,19,22). The maximum atomic E-state index is 11.7. The maximum absolute atomic E-state index is 11.7. The minimum Gasteiger partial charge on any atom is -0.478 e. The minimum absolute atomic E-state index is 0.186. The van der Waals surface area contributed by atoms with Crippen LogP contribution in [-0.4, -0.2) is 23.7 Å². The quantitative estimate of drug-likeness (QED) is 0.724. The van der Waals surface area contributed by atoms with E-state index >= 15 is 0 Å². The summed E-state index contributed by atoms with van der Waals surface area (Å²) in [7, 11) is 0. The first-order valence-electron chi connectivity index (χ1n) is 7.72. The van der Waals surface area contributed by atoms with Crippen LogP contribution in [0.5, 0.6) is 0 Å². The average Bonchev–Trinajstić information content (AvgIpc) is 3.30. The van der Waals surface area contributed by atoms with Gasteiger partial charge < -0.3 is 15.7 Å². The molecule has 1 aromatic carbocycles. The zero-order valence-corrected chi connectivity index (χ0v) is 13.2. The Balaban J connectivity index is 1.67. The summed E-state index contributed by atoms with van der Waals surface area (Å²) in [6.45, 7) is 5.58. The van der Waals surface area contributed by atoms with E-state index in [2.05, 4.69) is 24.5 Å². The summed E-state index contributed by atoms with van der Waals surface area (Å²) in [5, 5.41) is 14.5. The molecule has 1 aliphatic carbocycles. The van der Waals surface area contributed by atoms with E-state index in [1.165, 1.54) is 25.0 Å². The van der Waals surface area contributed by atoms with Gasteiger partial charge in [-0.05, 0) is 48.3 Å². The molecule has 0 heterocycles. The number of benzene rings is 1. The van der Waals surface area contributed by atoms with Crippen molar-refractivity contribution in [1.82, 2.24) is 10.6 Å². The molecule has 22 heavy (non-hydrogen) atoms. The first kappa shape index (κ1) is 16.3. The molecule has 0 unspecified atom stereocenters. The topological polar surface area (TPSA) is 78.4 Å². The highest BCUT2D eigenvalue weighted by Crippen LogP contribution is 2.46. The smallest absolute Gasteiger partial charge is 0.335 e. The summed E-state index contributed by atoms with van der Waals surface area (Å²) in [6.07, 6.45) is 3.61. The monoisotopic (exact) mass is 304 g/mol. The number of hydrogen-bond donors (Lipinski definition) is 3. The van der Waals surface area contributed by atoms with Gasteiger partial charge in [-0.2, -0.15) is 0 Å². The van der Waals surface area contributed by atoms with Gasteiger partial charge in [0.25, 0.3) is 0 Å². The van der Waals surface area contributed by atoms with Crippen LogP contribution in [0.3, 0.4) is 0 Å². The van der Waals surface area contributed by atoms with Crippen molar-refractivity contribution in [2.75, 3.05) is 6.54 Å². The van der Waals surface area contributed by atoms with Gasteiger partial charge in [-0.15, -0.1) is 0 Å². The molecule has 5 nitrogen and oxygen atoms in total. The summed E-state index contributed by atoms with van der Waals surface area (Å²) < 4.78 is 0. The zero-order valence-electron chi connectivity index (χ0n) is 13.2. The molecule has 120 valence electrons. The second-order valence-corrected chi connectivity index (χ2v) is 6.62. The molecule has 0 spiro atoms. The lowest BCUT2D eigenvalue weighted by molar-refractivity contribution is 0.0697. The Morgan fingerprint density at radius 1 is 1.18 bits per heavy atom. The highest BCUT2D eigenvalue weighted by atomic mass is 16.4. The molecule has 1 fully saturated rings. The molecular weight excluding hydrogens is 280 g/mol. The molecule has 0 saturated heterocycles. The summed E-state index contributed by atoms with van der Waals surface area (Å²) in [6, 6.07) is 6.30. The van der Waals surface area contributed by atoms with Crippen molar-refractivity contribution >= 4 is 12.0 Å². The number of carboxylic acid groups (broad SMARTS) is 1. The van der Waals surface area contributed by atoms with Crippen LogP contribution in [0.1, 0.15) is 49.0 Å². The van der Waals surface area contributed by atoms with E-state index in [0.717, 1.165) is 17.9 Å². The van der Waals surface area contributed by atoms with Gasteiger partial charge in [0.1, 0.15) is 0 Å². The van der Waals surface area contributed by atoms with Gasteiger partial charge in [0.2, 0.25) is 0 Å². The molecule has 0 radical (unpaired) electrons. The Labute approximate surface area is 131 Å². The van der Waals surface area contributed by atoms with Crippen molar-refractivity contribution in [2.45, 2.75) is 39.7 Å². The maximum Gasteiger partial charge on any atom is 0.335 e. The Hall–Kier alpha value is -2.04. The summed E-state index contributed by atoms with van der Waals surface area (Å²) in [4.78, 5) is 22.5. The molecule has 1 aliphatic rings. The van der Waals surface area contributed by atoms with Crippen molar-refractivity contribution in [3.8, 4) is 0 Å². The third kappa shape index (κ3) is 4.76. The molecule has 1 saturated carbocycles. The Kier molecular flexibility index (Phi) is 5.06. The van der Waals surface area contributed by atoms with Crippen LogP contribution in [0.4, 0.5) is 4.79 Å². The highest BCUT2D eigenvalue weighted by molar-refractivity contribution is 5.87. The van der Waals surface area contributed by atoms with E-state index < -0.39 is 5.97 Å². The minimum atomic E-state index is -0.949. The van der Waals surface area contributed by atoms with Crippen LogP contribution in [0.15, 0.2) is 24.3 Å². The summed E-state index contributed by atoms with van der Waals surface area (Å²) >= 11 is 0.